The number of halogens is 2. The molecular weight excluding hydrogens is 381 g/mol. The molecule has 2 aromatic carbocycles. The third-order valence-electron chi connectivity index (χ3n) is 3.49. The van der Waals surface area contributed by atoms with Gasteiger partial charge in [0.1, 0.15) is 12.4 Å². The van der Waals surface area contributed by atoms with Crippen LogP contribution in [0.25, 0.3) is 11.4 Å². The topological polar surface area (TPSA) is 97.3 Å². The minimum absolute atomic E-state index is 0.174. The van der Waals surface area contributed by atoms with Crippen LogP contribution in [0.2, 0.25) is 10.0 Å². The average molecular weight is 394 g/mol. The van der Waals surface area contributed by atoms with Crippen molar-refractivity contribution in [3.05, 3.63) is 57.8 Å². The van der Waals surface area contributed by atoms with Crippen LogP contribution in [-0.2, 0) is 6.61 Å². The third-order valence-corrected chi connectivity index (χ3v) is 4.05. The van der Waals surface area contributed by atoms with Crippen LogP contribution >= 0.6 is 23.2 Å². The van der Waals surface area contributed by atoms with E-state index in [0.717, 1.165) is 11.3 Å². The highest BCUT2D eigenvalue weighted by molar-refractivity contribution is 6.37. The van der Waals surface area contributed by atoms with Gasteiger partial charge in [-0.05, 0) is 29.8 Å². The van der Waals surface area contributed by atoms with Gasteiger partial charge in [0.25, 0.3) is 0 Å². The Morgan fingerprint density at radius 2 is 1.85 bits per heavy atom. The summed E-state index contributed by atoms with van der Waals surface area (Å²) in [4.78, 5) is 14.7. The van der Waals surface area contributed by atoms with Gasteiger partial charge in [0, 0.05) is 5.56 Å². The number of nitrogens with one attached hydrogen (secondary N) is 1. The van der Waals surface area contributed by atoms with Gasteiger partial charge in [0.2, 0.25) is 5.82 Å². The zero-order chi connectivity index (χ0) is 18.7. The van der Waals surface area contributed by atoms with Gasteiger partial charge in [0.15, 0.2) is 11.6 Å². The zero-order valence-corrected chi connectivity index (χ0v) is 15.0. The number of aromatic amines is 1. The molecule has 2 N–H and O–H groups in total. The van der Waals surface area contributed by atoms with Crippen molar-refractivity contribution in [1.29, 1.82) is 0 Å². The van der Waals surface area contributed by atoms with Crippen LogP contribution in [0.15, 0.2) is 36.4 Å². The summed E-state index contributed by atoms with van der Waals surface area (Å²) in [5.41, 5.74) is 1.39. The lowest BCUT2D eigenvalue weighted by atomic mass is 10.2. The maximum absolute atomic E-state index is 10.9. The fourth-order valence-electron chi connectivity index (χ4n) is 2.19. The molecule has 0 radical (unpaired) electrons. The number of hydrogen-bond donors (Lipinski definition) is 2. The van der Waals surface area contributed by atoms with E-state index in [2.05, 4.69) is 15.2 Å². The molecule has 3 aromatic rings. The molecule has 0 spiro atoms. The highest BCUT2D eigenvalue weighted by atomic mass is 35.5. The summed E-state index contributed by atoms with van der Waals surface area (Å²) in [5.74, 6) is -0.233. The highest BCUT2D eigenvalue weighted by Gasteiger charge is 2.16. The van der Waals surface area contributed by atoms with Gasteiger partial charge in [-0.2, -0.15) is 5.10 Å². The molecule has 0 aliphatic rings. The van der Waals surface area contributed by atoms with Crippen LogP contribution in [0, 0.1) is 0 Å². The minimum Gasteiger partial charge on any atom is -0.497 e. The maximum Gasteiger partial charge on any atom is 0.373 e. The summed E-state index contributed by atoms with van der Waals surface area (Å²) in [6, 6.07) is 10.5. The number of benzene rings is 2. The van der Waals surface area contributed by atoms with Crippen LogP contribution in [0.1, 0.15) is 16.2 Å². The molecule has 0 fully saturated rings. The normalized spacial score (nSPS) is 10.6. The van der Waals surface area contributed by atoms with E-state index >= 15 is 0 Å². The van der Waals surface area contributed by atoms with Crippen molar-refractivity contribution < 1.29 is 19.4 Å². The van der Waals surface area contributed by atoms with Gasteiger partial charge in [-0.25, -0.2) is 9.78 Å². The first-order valence-electron chi connectivity index (χ1n) is 7.38. The molecule has 0 aliphatic heterocycles. The predicted molar refractivity (Wildman–Crippen MR) is 96.1 cm³/mol. The van der Waals surface area contributed by atoms with E-state index in [1.807, 2.05) is 24.3 Å². The van der Waals surface area contributed by atoms with Crippen molar-refractivity contribution in [3.63, 3.8) is 0 Å². The average Bonchev–Trinajstić information content (AvgIpc) is 3.12. The van der Waals surface area contributed by atoms with Gasteiger partial charge in [-0.1, -0.05) is 35.3 Å². The number of ether oxygens (including phenoxy) is 2. The van der Waals surface area contributed by atoms with E-state index in [-0.39, 0.29) is 28.3 Å². The third kappa shape index (κ3) is 3.89. The molecule has 0 aliphatic carbocycles. The van der Waals surface area contributed by atoms with E-state index in [1.54, 1.807) is 19.2 Å². The Kier molecular flexibility index (Phi) is 5.29. The van der Waals surface area contributed by atoms with Crippen molar-refractivity contribution in [2.24, 2.45) is 0 Å². The molecule has 0 amide bonds. The lowest BCUT2D eigenvalue weighted by Gasteiger charge is -2.11. The number of carboxylic acids is 1. The van der Waals surface area contributed by atoms with Crippen molar-refractivity contribution >= 4 is 29.2 Å². The van der Waals surface area contributed by atoms with Gasteiger partial charge >= 0.3 is 5.97 Å². The van der Waals surface area contributed by atoms with Crippen molar-refractivity contribution in [1.82, 2.24) is 15.2 Å². The van der Waals surface area contributed by atoms with Crippen LogP contribution in [0.5, 0.6) is 11.5 Å². The van der Waals surface area contributed by atoms with Gasteiger partial charge in [-0.15, -0.1) is 0 Å². The quantitative estimate of drug-likeness (QED) is 0.654. The molecule has 1 aromatic heterocycles. The van der Waals surface area contributed by atoms with E-state index in [0.29, 0.717) is 11.3 Å². The number of hydrogen-bond acceptors (Lipinski definition) is 5. The highest BCUT2D eigenvalue weighted by Crippen LogP contribution is 2.37. The second kappa shape index (κ2) is 7.63. The molecular formula is C17H13Cl2N3O4. The van der Waals surface area contributed by atoms with Crippen LogP contribution in [0.4, 0.5) is 0 Å². The second-order valence-electron chi connectivity index (χ2n) is 5.22. The fourth-order valence-corrected chi connectivity index (χ4v) is 2.79. The molecule has 7 nitrogen and oxygen atoms in total. The molecule has 26 heavy (non-hydrogen) atoms. The van der Waals surface area contributed by atoms with Crippen LogP contribution in [0.3, 0.4) is 0 Å². The summed E-state index contributed by atoms with van der Waals surface area (Å²) < 4.78 is 10.8. The monoisotopic (exact) mass is 393 g/mol. The summed E-state index contributed by atoms with van der Waals surface area (Å²) in [6.45, 7) is 0.270. The largest absolute Gasteiger partial charge is 0.497 e. The zero-order valence-electron chi connectivity index (χ0n) is 13.5. The SMILES string of the molecule is COc1ccc(COc2c(Cl)cc(-c3n[nH]c(C(=O)O)n3)cc2Cl)cc1. The van der Waals surface area contributed by atoms with Crippen molar-refractivity contribution in [3.8, 4) is 22.9 Å². The Morgan fingerprint density at radius 1 is 1.19 bits per heavy atom. The molecule has 3 rings (SSSR count). The second-order valence-corrected chi connectivity index (χ2v) is 6.03. The standard InChI is InChI=1S/C17H13Cl2N3O4/c1-25-11-4-2-9(3-5-11)8-26-14-12(18)6-10(7-13(14)19)15-20-16(17(23)24)22-21-15/h2-7H,8H2,1H3,(H,23,24)(H,20,21,22). The number of nitrogens with zero attached hydrogens (tertiary/aromatic N) is 2. The van der Waals surface area contributed by atoms with E-state index in [1.165, 1.54) is 0 Å². The van der Waals surface area contributed by atoms with Crippen molar-refractivity contribution in [2.75, 3.05) is 7.11 Å². The summed E-state index contributed by atoms with van der Waals surface area (Å²) >= 11 is 12.5. The summed E-state index contributed by atoms with van der Waals surface area (Å²) in [5, 5.41) is 15.6. The van der Waals surface area contributed by atoms with E-state index < -0.39 is 5.97 Å². The van der Waals surface area contributed by atoms with E-state index in [4.69, 9.17) is 37.8 Å². The first-order valence-corrected chi connectivity index (χ1v) is 8.14. The fraction of sp³-hybridized carbons (Fsp3) is 0.118. The number of aromatic nitrogens is 3. The minimum atomic E-state index is -1.21. The number of aromatic carboxylic acids is 1. The Labute approximate surface area is 158 Å². The maximum atomic E-state index is 10.9. The first-order chi connectivity index (χ1) is 12.5. The summed E-state index contributed by atoms with van der Waals surface area (Å²) in [6.07, 6.45) is 0. The van der Waals surface area contributed by atoms with Gasteiger partial charge in [0.05, 0.1) is 17.2 Å². The van der Waals surface area contributed by atoms with Crippen LogP contribution < -0.4 is 9.47 Å². The molecule has 0 atom stereocenters. The molecule has 9 heteroatoms. The molecule has 134 valence electrons. The Morgan fingerprint density at radius 3 is 2.38 bits per heavy atom. The Bertz CT molecular complexity index is 918. The molecule has 0 saturated heterocycles. The number of methoxy groups -OCH3 is 1. The summed E-state index contributed by atoms with van der Waals surface area (Å²) in [7, 11) is 1.60. The Hall–Kier alpha value is -2.77. The molecule has 0 unspecified atom stereocenters. The number of H-pyrrole nitrogens is 1. The smallest absolute Gasteiger partial charge is 0.373 e. The number of carboxylic acid groups (broad SMARTS) is 1. The molecule has 0 saturated carbocycles. The lowest BCUT2D eigenvalue weighted by Crippen LogP contribution is -1.98. The number of carbonyl (C=O) groups is 1. The lowest BCUT2D eigenvalue weighted by molar-refractivity contribution is 0.0684. The van der Waals surface area contributed by atoms with E-state index in [9.17, 15) is 4.79 Å². The van der Waals surface area contributed by atoms with Gasteiger partial charge in [-0.3, -0.25) is 5.10 Å². The van der Waals surface area contributed by atoms with Crippen molar-refractivity contribution in [2.45, 2.75) is 6.61 Å². The van der Waals surface area contributed by atoms with Gasteiger partial charge < -0.3 is 14.6 Å². The molecule has 1 heterocycles. The number of rotatable bonds is 6. The molecule has 0 bridgehead atoms. The first kappa shape index (κ1) is 18.0. The predicted octanol–water partition coefficient (Wildman–Crippen LogP) is 4.06. The van der Waals surface area contributed by atoms with Crippen LogP contribution in [-0.4, -0.2) is 33.4 Å². The Balaban J connectivity index is 1.79.